The maximum Gasteiger partial charge on any atom is 0.317 e. The fraction of sp³-hybridized carbons (Fsp3) is 0.650. The standard InChI is InChI=1S/C40H57F2N9O8/c1-3-10-46(26-38(54)55)13-14-47(15-16-48(11-4-2)28-59-57)25-37(53)50-24-29-18-30(50)23-49(29)12-5-17-58-32-6-7-35-34(19-32)33(8-9-44-35)39(56)45-22-36(52)51-27-40(41,42)20-31(51)21-43/h6-9,19,29-31,57H,3-5,10-18,20,22-28H2,1-2H3,(H,45,56)(H,54,55). The molecule has 1 aromatic carbocycles. The highest BCUT2D eigenvalue weighted by Crippen LogP contribution is 2.32. The van der Waals surface area contributed by atoms with E-state index >= 15 is 0 Å². The third kappa shape index (κ3) is 12.7. The van der Waals surface area contributed by atoms with Crippen molar-refractivity contribution in [3.05, 3.63) is 36.0 Å². The van der Waals surface area contributed by atoms with E-state index in [0.717, 1.165) is 50.2 Å². The fourth-order valence-electron chi connectivity index (χ4n) is 8.28. The Labute approximate surface area is 343 Å². The Morgan fingerprint density at radius 2 is 1.68 bits per heavy atom. The Kier molecular flexibility index (Phi) is 16.7. The van der Waals surface area contributed by atoms with Crippen molar-refractivity contribution < 1.29 is 47.9 Å². The van der Waals surface area contributed by atoms with Crippen molar-refractivity contribution in [1.29, 1.82) is 5.26 Å². The molecule has 0 saturated carbocycles. The fourth-order valence-corrected chi connectivity index (χ4v) is 8.28. The first-order valence-electron chi connectivity index (χ1n) is 20.4. The molecule has 59 heavy (non-hydrogen) atoms. The zero-order chi connectivity index (χ0) is 42.5. The van der Waals surface area contributed by atoms with E-state index in [0.29, 0.717) is 62.5 Å². The minimum absolute atomic E-state index is 0.0514. The number of alkyl halides is 2. The summed E-state index contributed by atoms with van der Waals surface area (Å²) in [6.07, 6.45) is 4.04. The summed E-state index contributed by atoms with van der Waals surface area (Å²) >= 11 is 0. The van der Waals surface area contributed by atoms with E-state index in [1.807, 2.05) is 28.5 Å². The van der Waals surface area contributed by atoms with Crippen LogP contribution in [0.5, 0.6) is 5.75 Å². The van der Waals surface area contributed by atoms with Crippen LogP contribution in [0.25, 0.3) is 10.9 Å². The number of hydrogen-bond acceptors (Lipinski definition) is 13. The maximum atomic E-state index is 13.8. The van der Waals surface area contributed by atoms with Gasteiger partial charge in [0, 0.05) is 82.4 Å². The minimum atomic E-state index is -3.15. The number of pyridine rings is 1. The number of piperazine rings is 1. The quantitative estimate of drug-likeness (QED) is 0.0602. The molecule has 3 amide bonds. The molecule has 17 nitrogen and oxygen atoms in total. The number of nitrogens with one attached hydrogen (secondary N) is 1. The summed E-state index contributed by atoms with van der Waals surface area (Å²) in [6, 6.07) is 7.51. The van der Waals surface area contributed by atoms with Crippen molar-refractivity contribution in [3.8, 4) is 11.8 Å². The van der Waals surface area contributed by atoms with Crippen LogP contribution < -0.4 is 10.1 Å². The predicted octanol–water partition coefficient (Wildman–Crippen LogP) is 2.04. The number of carboxylic acids is 1. The van der Waals surface area contributed by atoms with Crippen molar-refractivity contribution in [1.82, 2.24) is 39.7 Å². The molecule has 0 spiro atoms. The third-order valence-corrected chi connectivity index (χ3v) is 11.1. The van der Waals surface area contributed by atoms with Gasteiger partial charge in [-0.05, 0) is 56.5 Å². The number of halogens is 2. The van der Waals surface area contributed by atoms with Crippen molar-refractivity contribution in [2.24, 2.45) is 0 Å². The molecule has 324 valence electrons. The molecule has 2 bridgehead atoms. The first-order chi connectivity index (χ1) is 28.3. The molecule has 0 radical (unpaired) electrons. The van der Waals surface area contributed by atoms with Gasteiger partial charge in [-0.1, -0.05) is 13.8 Å². The van der Waals surface area contributed by atoms with E-state index < -0.39 is 49.3 Å². The lowest BCUT2D eigenvalue weighted by Crippen LogP contribution is -2.52. The largest absolute Gasteiger partial charge is 0.494 e. The van der Waals surface area contributed by atoms with Gasteiger partial charge in [0.05, 0.1) is 49.9 Å². The van der Waals surface area contributed by atoms with Gasteiger partial charge in [0.2, 0.25) is 11.8 Å². The first kappa shape index (κ1) is 45.5. The number of nitriles is 1. The first-order valence-corrected chi connectivity index (χ1v) is 20.4. The number of hydrogen-bond donors (Lipinski definition) is 3. The van der Waals surface area contributed by atoms with Crippen LogP contribution >= 0.6 is 0 Å². The van der Waals surface area contributed by atoms with E-state index in [1.165, 1.54) is 12.3 Å². The predicted molar refractivity (Wildman–Crippen MR) is 212 cm³/mol. The molecule has 4 heterocycles. The number of fused-ring (bicyclic) bond motifs is 3. The number of rotatable bonds is 24. The number of carbonyl (C=O) groups is 4. The number of ether oxygens (including phenoxy) is 1. The zero-order valence-electron chi connectivity index (χ0n) is 33.9. The minimum Gasteiger partial charge on any atom is -0.494 e. The Morgan fingerprint density at radius 3 is 2.34 bits per heavy atom. The molecule has 5 rings (SSSR count). The summed E-state index contributed by atoms with van der Waals surface area (Å²) in [5.41, 5.74) is 0.764. The lowest BCUT2D eigenvalue weighted by Gasteiger charge is -2.36. The third-order valence-electron chi connectivity index (χ3n) is 11.1. The van der Waals surface area contributed by atoms with Crippen molar-refractivity contribution in [3.63, 3.8) is 0 Å². The average Bonchev–Trinajstić information content (AvgIpc) is 3.91. The lowest BCUT2D eigenvalue weighted by atomic mass is 10.1. The summed E-state index contributed by atoms with van der Waals surface area (Å²) in [6.45, 7) is 9.03. The Balaban J connectivity index is 1.09. The number of carbonyl (C=O) groups excluding carboxylic acids is 3. The summed E-state index contributed by atoms with van der Waals surface area (Å²) in [5, 5.41) is 30.6. The molecule has 3 saturated heterocycles. The van der Waals surface area contributed by atoms with Gasteiger partial charge in [-0.3, -0.25) is 49.0 Å². The Morgan fingerprint density at radius 1 is 0.966 bits per heavy atom. The molecular formula is C40H57F2N9O8. The highest BCUT2D eigenvalue weighted by molar-refractivity contribution is 6.07. The number of carboxylic acid groups (broad SMARTS) is 1. The molecule has 2 aromatic rings. The molecule has 3 N–H and O–H groups in total. The van der Waals surface area contributed by atoms with Crippen molar-refractivity contribution >= 4 is 34.6 Å². The van der Waals surface area contributed by atoms with E-state index in [-0.39, 0.29) is 43.4 Å². The molecule has 3 aliphatic heterocycles. The second kappa shape index (κ2) is 21.6. The van der Waals surface area contributed by atoms with Crippen LogP contribution in [0.2, 0.25) is 0 Å². The number of benzene rings is 1. The van der Waals surface area contributed by atoms with Gasteiger partial charge < -0.3 is 25.0 Å². The molecule has 0 aliphatic carbocycles. The van der Waals surface area contributed by atoms with Crippen LogP contribution in [0.3, 0.4) is 0 Å². The van der Waals surface area contributed by atoms with Crippen LogP contribution in [0.4, 0.5) is 8.78 Å². The molecule has 1 aromatic heterocycles. The normalized spacial score (nSPS) is 19.9. The average molecular weight is 830 g/mol. The van der Waals surface area contributed by atoms with Gasteiger partial charge in [-0.25, -0.2) is 13.7 Å². The summed E-state index contributed by atoms with van der Waals surface area (Å²) in [5.74, 6) is -4.82. The second-order valence-electron chi connectivity index (χ2n) is 15.6. The SMILES string of the molecule is CCCN(CCN(CCN(CCC)CC(=O)O)CC(=O)N1CC2CC1CN2CCCOc1ccc2nccc(C(=O)NCC(=O)N3CC(F)(F)CC3C#N)c2c1)COO. The monoisotopic (exact) mass is 829 g/mol. The van der Waals surface area contributed by atoms with Crippen LogP contribution in [-0.2, 0) is 19.3 Å². The van der Waals surface area contributed by atoms with E-state index in [1.54, 1.807) is 24.3 Å². The second-order valence-corrected chi connectivity index (χ2v) is 15.6. The number of aliphatic carboxylic acids is 1. The van der Waals surface area contributed by atoms with Crippen LogP contribution in [-0.4, -0.2) is 191 Å². The topological polar surface area (TPSA) is 195 Å². The van der Waals surface area contributed by atoms with E-state index in [4.69, 9.17) is 9.99 Å². The van der Waals surface area contributed by atoms with Crippen LogP contribution in [0.1, 0.15) is 56.3 Å². The van der Waals surface area contributed by atoms with Gasteiger partial charge in [0.15, 0.2) is 0 Å². The lowest BCUT2D eigenvalue weighted by molar-refractivity contribution is -0.269. The van der Waals surface area contributed by atoms with Gasteiger partial charge >= 0.3 is 5.97 Å². The van der Waals surface area contributed by atoms with Crippen molar-refractivity contribution in [2.45, 2.75) is 70.0 Å². The molecule has 3 unspecified atom stereocenters. The summed E-state index contributed by atoms with van der Waals surface area (Å²) < 4.78 is 33.7. The zero-order valence-corrected chi connectivity index (χ0v) is 33.9. The molecule has 3 atom stereocenters. The molecule has 3 fully saturated rings. The van der Waals surface area contributed by atoms with E-state index in [2.05, 4.69) is 25.0 Å². The van der Waals surface area contributed by atoms with Gasteiger partial charge in [0.1, 0.15) is 18.5 Å². The van der Waals surface area contributed by atoms with Crippen LogP contribution in [0, 0.1) is 11.3 Å². The number of nitrogens with zero attached hydrogens (tertiary/aromatic N) is 8. The highest BCUT2D eigenvalue weighted by Gasteiger charge is 2.47. The molecule has 3 aliphatic rings. The van der Waals surface area contributed by atoms with Crippen LogP contribution in [0.15, 0.2) is 30.5 Å². The number of likely N-dealkylation sites (tertiary alicyclic amines) is 3. The highest BCUT2D eigenvalue weighted by atomic mass is 19.3. The Bertz CT molecular complexity index is 1800. The van der Waals surface area contributed by atoms with E-state index in [9.17, 15) is 38.3 Å². The maximum absolute atomic E-state index is 13.8. The molecular weight excluding hydrogens is 772 g/mol. The van der Waals surface area contributed by atoms with Gasteiger partial charge in [-0.15, -0.1) is 0 Å². The number of amides is 3. The summed E-state index contributed by atoms with van der Waals surface area (Å²) in [7, 11) is 0. The Hall–Kier alpha value is -4.58. The number of aromatic nitrogens is 1. The smallest absolute Gasteiger partial charge is 0.317 e. The summed E-state index contributed by atoms with van der Waals surface area (Å²) in [4.78, 5) is 70.7. The van der Waals surface area contributed by atoms with Gasteiger partial charge in [-0.2, -0.15) is 5.26 Å². The molecule has 19 heteroatoms. The van der Waals surface area contributed by atoms with Gasteiger partial charge in [0.25, 0.3) is 11.8 Å². The van der Waals surface area contributed by atoms with Crippen molar-refractivity contribution in [2.75, 3.05) is 98.4 Å².